The molecule has 0 atom stereocenters. The molecule has 0 saturated carbocycles. The van der Waals surface area contributed by atoms with Crippen molar-refractivity contribution in [3.63, 3.8) is 0 Å². The Labute approximate surface area is 86.0 Å². The highest BCUT2D eigenvalue weighted by atomic mass is 19.1. The van der Waals surface area contributed by atoms with E-state index in [1.54, 1.807) is 18.5 Å². The molecule has 1 aromatic heterocycles. The van der Waals surface area contributed by atoms with Crippen molar-refractivity contribution >= 4 is 17.3 Å². The Bertz CT molecular complexity index is 458. The average Bonchev–Trinajstić information content (AvgIpc) is 2.25. The van der Waals surface area contributed by atoms with Gasteiger partial charge in [0.05, 0.1) is 5.69 Å². The first kappa shape index (κ1) is 9.39. The van der Waals surface area contributed by atoms with Crippen LogP contribution in [0.3, 0.4) is 0 Å². The highest BCUT2D eigenvalue weighted by Gasteiger charge is 2.03. The van der Waals surface area contributed by atoms with Crippen molar-refractivity contribution in [2.75, 3.05) is 11.1 Å². The number of aromatic nitrogens is 2. The fourth-order valence-electron chi connectivity index (χ4n) is 1.12. The smallest absolute Gasteiger partial charge is 0.227 e. The Balaban J connectivity index is 2.28. The van der Waals surface area contributed by atoms with E-state index in [0.29, 0.717) is 11.6 Å². The predicted molar refractivity (Wildman–Crippen MR) is 56.1 cm³/mol. The molecule has 0 radical (unpaired) electrons. The van der Waals surface area contributed by atoms with Gasteiger partial charge in [-0.15, -0.1) is 0 Å². The number of anilines is 3. The molecule has 4 nitrogen and oxygen atoms in total. The second-order valence-corrected chi connectivity index (χ2v) is 2.94. The van der Waals surface area contributed by atoms with Crippen LogP contribution in [0, 0.1) is 5.82 Å². The summed E-state index contributed by atoms with van der Waals surface area (Å²) >= 11 is 0. The molecule has 0 unspecified atom stereocenters. The topological polar surface area (TPSA) is 63.8 Å². The maximum Gasteiger partial charge on any atom is 0.227 e. The lowest BCUT2D eigenvalue weighted by Crippen LogP contribution is -1.99. The zero-order valence-corrected chi connectivity index (χ0v) is 7.81. The van der Waals surface area contributed by atoms with Crippen LogP contribution in [0.1, 0.15) is 0 Å². The summed E-state index contributed by atoms with van der Waals surface area (Å²) in [6, 6.07) is 5.96. The molecule has 0 amide bonds. The molecule has 0 saturated heterocycles. The molecular weight excluding hydrogens is 195 g/mol. The van der Waals surface area contributed by atoms with Gasteiger partial charge in [0.1, 0.15) is 5.82 Å². The molecular formula is C10H9FN4. The number of rotatable bonds is 2. The lowest BCUT2D eigenvalue weighted by Gasteiger charge is -2.05. The molecule has 0 bridgehead atoms. The van der Waals surface area contributed by atoms with Gasteiger partial charge in [0.15, 0.2) is 0 Å². The summed E-state index contributed by atoms with van der Waals surface area (Å²) in [5, 5.41) is 2.74. The number of halogens is 1. The maximum absolute atomic E-state index is 13.3. The van der Waals surface area contributed by atoms with Crippen molar-refractivity contribution in [3.8, 4) is 0 Å². The lowest BCUT2D eigenvalue weighted by molar-refractivity contribution is 0.632. The summed E-state index contributed by atoms with van der Waals surface area (Å²) in [5.41, 5.74) is 6.28. The number of nitrogen functional groups attached to an aromatic ring is 1. The Kier molecular flexibility index (Phi) is 2.45. The molecule has 0 aliphatic carbocycles. The molecule has 2 aromatic rings. The van der Waals surface area contributed by atoms with Gasteiger partial charge in [0.2, 0.25) is 5.95 Å². The molecule has 2 rings (SSSR count). The summed E-state index contributed by atoms with van der Waals surface area (Å²) in [7, 11) is 0. The minimum Gasteiger partial charge on any atom is -0.399 e. The van der Waals surface area contributed by atoms with Crippen molar-refractivity contribution in [2.24, 2.45) is 0 Å². The monoisotopic (exact) mass is 204 g/mol. The third-order valence-corrected chi connectivity index (χ3v) is 1.80. The predicted octanol–water partition coefficient (Wildman–Crippen LogP) is 1.94. The number of nitrogens with one attached hydrogen (secondary N) is 1. The van der Waals surface area contributed by atoms with E-state index < -0.39 is 5.82 Å². The SMILES string of the molecule is Nc1ccc(F)c(Nc2ncccn2)c1. The van der Waals surface area contributed by atoms with Gasteiger partial charge in [0.25, 0.3) is 0 Å². The van der Waals surface area contributed by atoms with Crippen molar-refractivity contribution in [2.45, 2.75) is 0 Å². The summed E-state index contributed by atoms with van der Waals surface area (Å²) in [4.78, 5) is 7.83. The zero-order chi connectivity index (χ0) is 10.7. The molecule has 76 valence electrons. The van der Waals surface area contributed by atoms with Gasteiger partial charge >= 0.3 is 0 Å². The van der Waals surface area contributed by atoms with Crippen LogP contribution in [0.25, 0.3) is 0 Å². The molecule has 5 heteroatoms. The Morgan fingerprint density at radius 2 is 1.93 bits per heavy atom. The van der Waals surface area contributed by atoms with E-state index in [0.717, 1.165) is 0 Å². The van der Waals surface area contributed by atoms with Crippen LogP contribution < -0.4 is 11.1 Å². The van der Waals surface area contributed by atoms with Gasteiger partial charge in [-0.25, -0.2) is 14.4 Å². The highest BCUT2D eigenvalue weighted by molar-refractivity contribution is 5.60. The fraction of sp³-hybridized carbons (Fsp3) is 0. The Morgan fingerprint density at radius 1 is 1.20 bits per heavy atom. The minimum absolute atomic E-state index is 0.265. The normalized spacial score (nSPS) is 9.93. The second kappa shape index (κ2) is 3.91. The number of benzene rings is 1. The average molecular weight is 204 g/mol. The number of hydrogen-bond donors (Lipinski definition) is 2. The first-order valence-corrected chi connectivity index (χ1v) is 4.35. The summed E-state index contributed by atoms with van der Waals surface area (Å²) in [5.74, 6) is -0.0568. The van der Waals surface area contributed by atoms with Crippen LogP contribution in [0.4, 0.5) is 21.7 Å². The largest absolute Gasteiger partial charge is 0.399 e. The van der Waals surface area contributed by atoms with E-state index in [-0.39, 0.29) is 5.69 Å². The van der Waals surface area contributed by atoms with E-state index in [4.69, 9.17) is 5.73 Å². The molecule has 0 fully saturated rings. The quantitative estimate of drug-likeness (QED) is 0.734. The van der Waals surface area contributed by atoms with Gasteiger partial charge in [-0.3, -0.25) is 0 Å². The molecule has 3 N–H and O–H groups in total. The van der Waals surface area contributed by atoms with Crippen molar-refractivity contribution in [1.82, 2.24) is 9.97 Å². The van der Waals surface area contributed by atoms with Gasteiger partial charge in [-0.05, 0) is 24.3 Å². The Hall–Kier alpha value is -2.17. The summed E-state index contributed by atoms with van der Waals surface area (Å²) < 4.78 is 13.3. The lowest BCUT2D eigenvalue weighted by atomic mass is 10.2. The van der Waals surface area contributed by atoms with Crippen molar-refractivity contribution < 1.29 is 4.39 Å². The van der Waals surface area contributed by atoms with Crippen LogP contribution in [0.5, 0.6) is 0 Å². The molecule has 0 aliphatic rings. The summed E-state index contributed by atoms with van der Waals surface area (Å²) in [6.45, 7) is 0. The third kappa shape index (κ3) is 2.19. The zero-order valence-electron chi connectivity index (χ0n) is 7.81. The number of hydrogen-bond acceptors (Lipinski definition) is 4. The molecule has 1 heterocycles. The van der Waals surface area contributed by atoms with Crippen LogP contribution in [0.15, 0.2) is 36.7 Å². The molecule has 0 aliphatic heterocycles. The van der Waals surface area contributed by atoms with Gasteiger partial charge in [-0.1, -0.05) is 0 Å². The van der Waals surface area contributed by atoms with Gasteiger partial charge < -0.3 is 11.1 Å². The Morgan fingerprint density at radius 3 is 2.67 bits per heavy atom. The van der Waals surface area contributed by atoms with Crippen LogP contribution in [0.2, 0.25) is 0 Å². The third-order valence-electron chi connectivity index (χ3n) is 1.80. The van der Waals surface area contributed by atoms with Crippen molar-refractivity contribution in [1.29, 1.82) is 0 Å². The van der Waals surface area contributed by atoms with E-state index in [2.05, 4.69) is 15.3 Å². The highest BCUT2D eigenvalue weighted by Crippen LogP contribution is 2.19. The van der Waals surface area contributed by atoms with E-state index in [1.807, 2.05) is 0 Å². The summed E-state index contributed by atoms with van der Waals surface area (Å²) in [6.07, 6.45) is 3.14. The maximum atomic E-state index is 13.3. The standard InChI is InChI=1S/C10H9FN4/c11-8-3-2-7(12)6-9(8)15-10-13-4-1-5-14-10/h1-6H,12H2,(H,13,14,15). The van der Waals surface area contributed by atoms with Gasteiger partial charge in [0, 0.05) is 18.1 Å². The first-order valence-electron chi connectivity index (χ1n) is 4.35. The van der Waals surface area contributed by atoms with Crippen LogP contribution in [-0.2, 0) is 0 Å². The van der Waals surface area contributed by atoms with Crippen molar-refractivity contribution in [3.05, 3.63) is 42.5 Å². The van der Waals surface area contributed by atoms with E-state index in [9.17, 15) is 4.39 Å². The second-order valence-electron chi connectivity index (χ2n) is 2.94. The van der Waals surface area contributed by atoms with E-state index in [1.165, 1.54) is 18.2 Å². The fourth-order valence-corrected chi connectivity index (χ4v) is 1.12. The number of nitrogens with two attached hydrogens (primary N) is 1. The minimum atomic E-state index is -0.392. The number of nitrogens with zero attached hydrogens (tertiary/aromatic N) is 2. The molecule has 15 heavy (non-hydrogen) atoms. The van der Waals surface area contributed by atoms with Crippen LogP contribution in [-0.4, -0.2) is 9.97 Å². The van der Waals surface area contributed by atoms with E-state index >= 15 is 0 Å². The van der Waals surface area contributed by atoms with Gasteiger partial charge in [-0.2, -0.15) is 0 Å². The molecule has 0 spiro atoms. The molecule has 1 aromatic carbocycles. The van der Waals surface area contributed by atoms with Crippen LogP contribution >= 0.6 is 0 Å². The first-order chi connectivity index (χ1) is 7.25.